The van der Waals surface area contributed by atoms with Crippen molar-refractivity contribution >= 4 is 5.69 Å². The molecule has 0 unspecified atom stereocenters. The summed E-state index contributed by atoms with van der Waals surface area (Å²) in [5.41, 5.74) is 3.70. The van der Waals surface area contributed by atoms with E-state index in [1.54, 1.807) is 0 Å². The number of piperidine rings is 1. The van der Waals surface area contributed by atoms with Crippen LogP contribution in [-0.4, -0.2) is 18.2 Å². The van der Waals surface area contributed by atoms with E-state index < -0.39 is 0 Å². The van der Waals surface area contributed by atoms with E-state index in [9.17, 15) is 5.11 Å². The highest BCUT2D eigenvalue weighted by Gasteiger charge is 2.15. The highest BCUT2D eigenvalue weighted by atomic mass is 16.3. The van der Waals surface area contributed by atoms with Crippen LogP contribution in [0.1, 0.15) is 30.4 Å². The predicted octanol–water partition coefficient (Wildman–Crippen LogP) is 3.00. The maximum absolute atomic E-state index is 9.50. The Hall–Kier alpha value is -1.18. The van der Waals surface area contributed by atoms with Crippen molar-refractivity contribution in [1.29, 1.82) is 0 Å². The number of rotatable bonds is 1. The molecule has 0 bridgehead atoms. The van der Waals surface area contributed by atoms with E-state index in [-0.39, 0.29) is 0 Å². The molecule has 1 N–H and O–H groups in total. The molecule has 0 amide bonds. The minimum absolute atomic E-state index is 0.380. The Labute approximate surface area is 91.5 Å². The largest absolute Gasteiger partial charge is 0.508 e. The van der Waals surface area contributed by atoms with Crippen LogP contribution in [0.4, 0.5) is 5.69 Å². The van der Waals surface area contributed by atoms with Gasteiger partial charge in [-0.25, -0.2) is 0 Å². The summed E-state index contributed by atoms with van der Waals surface area (Å²) >= 11 is 0. The van der Waals surface area contributed by atoms with Crippen LogP contribution in [0.2, 0.25) is 0 Å². The molecule has 0 spiro atoms. The smallest absolute Gasteiger partial charge is 0.116 e. The molecule has 0 radical (unpaired) electrons. The van der Waals surface area contributed by atoms with E-state index >= 15 is 0 Å². The van der Waals surface area contributed by atoms with E-state index in [0.29, 0.717) is 5.75 Å². The van der Waals surface area contributed by atoms with Gasteiger partial charge < -0.3 is 10.0 Å². The van der Waals surface area contributed by atoms with E-state index in [4.69, 9.17) is 0 Å². The van der Waals surface area contributed by atoms with Crippen LogP contribution in [0.3, 0.4) is 0 Å². The fraction of sp³-hybridized carbons (Fsp3) is 0.538. The van der Waals surface area contributed by atoms with Crippen LogP contribution in [0, 0.1) is 13.8 Å². The van der Waals surface area contributed by atoms with Crippen molar-refractivity contribution in [3.8, 4) is 5.75 Å². The Morgan fingerprint density at radius 2 is 1.53 bits per heavy atom. The highest BCUT2D eigenvalue weighted by molar-refractivity contribution is 5.61. The number of aromatic hydroxyl groups is 1. The Kier molecular flexibility index (Phi) is 2.85. The maximum atomic E-state index is 9.50. The van der Waals surface area contributed by atoms with Gasteiger partial charge >= 0.3 is 0 Å². The third-order valence-corrected chi connectivity index (χ3v) is 3.15. The van der Waals surface area contributed by atoms with Gasteiger partial charge in [-0.1, -0.05) is 0 Å². The van der Waals surface area contributed by atoms with Crippen LogP contribution < -0.4 is 4.90 Å². The summed E-state index contributed by atoms with van der Waals surface area (Å²) in [4.78, 5) is 2.45. The van der Waals surface area contributed by atoms with Crippen molar-refractivity contribution in [1.82, 2.24) is 0 Å². The average Bonchev–Trinajstić information content (AvgIpc) is 2.17. The molecule has 0 atom stereocenters. The summed E-state index contributed by atoms with van der Waals surface area (Å²) in [7, 11) is 0. The van der Waals surface area contributed by atoms with Crippen molar-refractivity contribution in [2.45, 2.75) is 33.1 Å². The van der Waals surface area contributed by atoms with E-state index in [0.717, 1.165) is 13.1 Å². The summed E-state index contributed by atoms with van der Waals surface area (Å²) in [5.74, 6) is 0.380. The molecule has 0 saturated carbocycles. The predicted molar refractivity (Wildman–Crippen MR) is 63.6 cm³/mol. The normalized spacial score (nSPS) is 16.8. The lowest BCUT2D eigenvalue weighted by Gasteiger charge is -2.31. The first-order valence-corrected chi connectivity index (χ1v) is 5.73. The van der Waals surface area contributed by atoms with E-state index in [1.165, 1.54) is 36.1 Å². The average molecular weight is 205 g/mol. The Bertz CT molecular complexity index is 331. The lowest BCUT2D eigenvalue weighted by molar-refractivity contribution is 0.474. The van der Waals surface area contributed by atoms with Gasteiger partial charge in [0.25, 0.3) is 0 Å². The van der Waals surface area contributed by atoms with Gasteiger partial charge in [-0.2, -0.15) is 0 Å². The molecule has 1 aliphatic rings. The fourth-order valence-electron chi connectivity index (χ4n) is 2.55. The number of phenolic OH excluding ortho intramolecular Hbond substituents is 1. The zero-order valence-electron chi connectivity index (χ0n) is 9.58. The second kappa shape index (κ2) is 4.13. The maximum Gasteiger partial charge on any atom is 0.116 e. The Balaban J connectivity index is 2.33. The van der Waals surface area contributed by atoms with E-state index in [1.807, 2.05) is 12.1 Å². The number of phenols is 1. The van der Waals surface area contributed by atoms with Gasteiger partial charge in [0.15, 0.2) is 0 Å². The molecule has 0 aliphatic carbocycles. The quantitative estimate of drug-likeness (QED) is 0.762. The van der Waals surface area contributed by atoms with Crippen molar-refractivity contribution in [2.24, 2.45) is 0 Å². The molecule has 2 nitrogen and oxygen atoms in total. The van der Waals surface area contributed by atoms with E-state index in [2.05, 4.69) is 18.7 Å². The summed E-state index contributed by atoms with van der Waals surface area (Å²) in [5, 5.41) is 9.50. The van der Waals surface area contributed by atoms with Crippen molar-refractivity contribution < 1.29 is 5.11 Å². The van der Waals surface area contributed by atoms with Gasteiger partial charge in [0.1, 0.15) is 5.75 Å². The van der Waals surface area contributed by atoms with Crippen LogP contribution in [0.25, 0.3) is 0 Å². The molecular formula is C13H19NO. The number of hydrogen-bond donors (Lipinski definition) is 1. The summed E-state index contributed by atoms with van der Waals surface area (Å²) < 4.78 is 0. The molecule has 2 rings (SSSR count). The van der Waals surface area contributed by atoms with Crippen LogP contribution >= 0.6 is 0 Å². The van der Waals surface area contributed by atoms with Crippen molar-refractivity contribution in [3.63, 3.8) is 0 Å². The van der Waals surface area contributed by atoms with Crippen LogP contribution in [0.5, 0.6) is 5.75 Å². The lowest BCUT2D eigenvalue weighted by Crippen LogP contribution is -2.30. The molecular weight excluding hydrogens is 186 g/mol. The number of nitrogens with zero attached hydrogens (tertiary/aromatic N) is 1. The van der Waals surface area contributed by atoms with Gasteiger partial charge in [-0.15, -0.1) is 0 Å². The second-order valence-corrected chi connectivity index (χ2v) is 4.48. The summed E-state index contributed by atoms with van der Waals surface area (Å²) in [6, 6.07) is 3.72. The van der Waals surface area contributed by atoms with Crippen molar-refractivity contribution in [3.05, 3.63) is 23.3 Å². The minimum atomic E-state index is 0.380. The van der Waals surface area contributed by atoms with Crippen LogP contribution in [-0.2, 0) is 0 Å². The Morgan fingerprint density at radius 3 is 2.07 bits per heavy atom. The number of aryl methyl sites for hydroxylation is 2. The van der Waals surface area contributed by atoms with Gasteiger partial charge in [0.2, 0.25) is 0 Å². The van der Waals surface area contributed by atoms with Gasteiger partial charge in [-0.3, -0.25) is 0 Å². The standard InChI is InChI=1S/C13H19NO/c1-10-8-12(15)9-11(2)13(10)14-6-4-3-5-7-14/h8-9,15H,3-7H2,1-2H3. The minimum Gasteiger partial charge on any atom is -0.508 e. The molecule has 2 heteroatoms. The number of hydrogen-bond acceptors (Lipinski definition) is 2. The SMILES string of the molecule is Cc1cc(O)cc(C)c1N1CCCCC1. The molecule has 1 heterocycles. The summed E-state index contributed by atoms with van der Waals surface area (Å²) in [6.45, 7) is 6.48. The second-order valence-electron chi connectivity index (χ2n) is 4.48. The third-order valence-electron chi connectivity index (χ3n) is 3.15. The summed E-state index contributed by atoms with van der Waals surface area (Å²) in [6.07, 6.45) is 3.94. The molecule has 1 fully saturated rings. The first kappa shape index (κ1) is 10.3. The van der Waals surface area contributed by atoms with Crippen LogP contribution in [0.15, 0.2) is 12.1 Å². The monoisotopic (exact) mass is 205 g/mol. The van der Waals surface area contributed by atoms with Crippen molar-refractivity contribution in [2.75, 3.05) is 18.0 Å². The molecule has 15 heavy (non-hydrogen) atoms. The molecule has 82 valence electrons. The van der Waals surface area contributed by atoms with Gasteiger partial charge in [0.05, 0.1) is 0 Å². The lowest BCUT2D eigenvalue weighted by atomic mass is 10.0. The molecule has 1 aromatic rings. The topological polar surface area (TPSA) is 23.5 Å². The molecule has 1 saturated heterocycles. The zero-order chi connectivity index (χ0) is 10.8. The number of anilines is 1. The molecule has 0 aromatic heterocycles. The van der Waals surface area contributed by atoms with Gasteiger partial charge in [0, 0.05) is 18.8 Å². The first-order chi connectivity index (χ1) is 7.18. The molecule has 1 aromatic carbocycles. The highest BCUT2D eigenvalue weighted by Crippen LogP contribution is 2.30. The Morgan fingerprint density at radius 1 is 1.00 bits per heavy atom. The number of benzene rings is 1. The fourth-order valence-corrected chi connectivity index (χ4v) is 2.55. The zero-order valence-corrected chi connectivity index (χ0v) is 9.58. The third kappa shape index (κ3) is 2.09. The van der Waals surface area contributed by atoms with Gasteiger partial charge in [-0.05, 0) is 56.4 Å². The molecule has 1 aliphatic heterocycles. The first-order valence-electron chi connectivity index (χ1n) is 5.73.